The van der Waals surface area contributed by atoms with Crippen molar-refractivity contribution in [1.29, 1.82) is 0 Å². The Morgan fingerprint density at radius 2 is 2.31 bits per heavy atom. The summed E-state index contributed by atoms with van der Waals surface area (Å²) in [6.07, 6.45) is 3.94. The van der Waals surface area contributed by atoms with Crippen molar-refractivity contribution < 1.29 is 9.90 Å². The normalized spacial score (nSPS) is 12.5. The maximum Gasteiger partial charge on any atom is 0.311 e. The number of hydrogen-bond donors (Lipinski definition) is 1. The van der Waals surface area contributed by atoms with Gasteiger partial charge in [0.1, 0.15) is 0 Å². The Labute approximate surface area is 77.4 Å². The van der Waals surface area contributed by atoms with Gasteiger partial charge in [0.15, 0.2) is 0 Å². The van der Waals surface area contributed by atoms with Gasteiger partial charge in [-0.3, -0.25) is 9.78 Å². The number of pyridine rings is 1. The van der Waals surface area contributed by atoms with Crippen molar-refractivity contribution in [2.45, 2.75) is 26.2 Å². The third-order valence-electron chi connectivity index (χ3n) is 2.00. The van der Waals surface area contributed by atoms with E-state index in [1.165, 1.54) is 0 Å². The molecule has 0 saturated heterocycles. The first-order valence-electron chi connectivity index (χ1n) is 4.29. The minimum atomic E-state index is -0.782. The molecule has 0 saturated carbocycles. The summed E-state index contributed by atoms with van der Waals surface area (Å²) in [5.41, 5.74) is 1.78. The van der Waals surface area contributed by atoms with Crippen molar-refractivity contribution in [2.24, 2.45) is 0 Å². The van der Waals surface area contributed by atoms with Crippen LogP contribution in [0.3, 0.4) is 0 Å². The fourth-order valence-electron chi connectivity index (χ4n) is 1.32. The Morgan fingerprint density at radius 3 is 2.77 bits per heavy atom. The molecular formula is C10H13NO2. The van der Waals surface area contributed by atoms with Crippen molar-refractivity contribution in [1.82, 2.24) is 4.98 Å². The Kier molecular flexibility index (Phi) is 3.01. The second-order valence-electron chi connectivity index (χ2n) is 3.09. The molecule has 1 aromatic heterocycles. The van der Waals surface area contributed by atoms with Gasteiger partial charge in [-0.1, -0.05) is 13.0 Å². The molecule has 1 N–H and O–H groups in total. The molecule has 0 aliphatic heterocycles. The van der Waals surface area contributed by atoms with Crippen LogP contribution in [-0.2, 0) is 4.79 Å². The highest BCUT2D eigenvalue weighted by Crippen LogP contribution is 2.19. The van der Waals surface area contributed by atoms with Gasteiger partial charge < -0.3 is 5.11 Å². The lowest BCUT2D eigenvalue weighted by Crippen LogP contribution is -2.10. The molecule has 0 aliphatic carbocycles. The van der Waals surface area contributed by atoms with Crippen LogP contribution >= 0.6 is 0 Å². The summed E-state index contributed by atoms with van der Waals surface area (Å²) in [5.74, 6) is -1.21. The van der Waals surface area contributed by atoms with Crippen LogP contribution in [0.4, 0.5) is 0 Å². The quantitative estimate of drug-likeness (QED) is 0.771. The SMILES string of the molecule is CCC(C(=O)O)c1cncc(C)c1. The van der Waals surface area contributed by atoms with E-state index in [1.54, 1.807) is 12.4 Å². The second-order valence-corrected chi connectivity index (χ2v) is 3.09. The first kappa shape index (κ1) is 9.71. The zero-order chi connectivity index (χ0) is 9.84. The zero-order valence-corrected chi connectivity index (χ0v) is 7.82. The van der Waals surface area contributed by atoms with Crippen molar-refractivity contribution >= 4 is 5.97 Å². The molecule has 1 aromatic rings. The maximum atomic E-state index is 10.8. The molecule has 0 amide bonds. The monoisotopic (exact) mass is 179 g/mol. The summed E-state index contributed by atoms with van der Waals surface area (Å²) in [6.45, 7) is 3.77. The summed E-state index contributed by atoms with van der Waals surface area (Å²) >= 11 is 0. The number of aryl methyl sites for hydroxylation is 1. The van der Waals surface area contributed by atoms with Crippen molar-refractivity contribution in [3.8, 4) is 0 Å². The predicted molar refractivity (Wildman–Crippen MR) is 49.6 cm³/mol. The van der Waals surface area contributed by atoms with Crippen LogP contribution in [0.15, 0.2) is 18.5 Å². The first-order valence-corrected chi connectivity index (χ1v) is 4.29. The average Bonchev–Trinajstić information content (AvgIpc) is 2.04. The second kappa shape index (κ2) is 4.03. The highest BCUT2D eigenvalue weighted by atomic mass is 16.4. The van der Waals surface area contributed by atoms with Crippen LogP contribution in [0.2, 0.25) is 0 Å². The summed E-state index contributed by atoms with van der Waals surface area (Å²) < 4.78 is 0. The van der Waals surface area contributed by atoms with E-state index >= 15 is 0 Å². The summed E-state index contributed by atoms with van der Waals surface area (Å²) in [6, 6.07) is 1.87. The molecule has 1 rings (SSSR count). The Bertz CT molecular complexity index is 310. The van der Waals surface area contributed by atoms with E-state index in [1.807, 2.05) is 19.9 Å². The van der Waals surface area contributed by atoms with Crippen LogP contribution in [0.5, 0.6) is 0 Å². The topological polar surface area (TPSA) is 50.2 Å². The van der Waals surface area contributed by atoms with Gasteiger partial charge in [-0.2, -0.15) is 0 Å². The van der Waals surface area contributed by atoms with Crippen LogP contribution in [0.1, 0.15) is 30.4 Å². The van der Waals surface area contributed by atoms with Crippen LogP contribution in [-0.4, -0.2) is 16.1 Å². The third-order valence-corrected chi connectivity index (χ3v) is 2.00. The fraction of sp³-hybridized carbons (Fsp3) is 0.400. The smallest absolute Gasteiger partial charge is 0.311 e. The van der Waals surface area contributed by atoms with Crippen LogP contribution in [0, 0.1) is 6.92 Å². The van der Waals surface area contributed by atoms with Gasteiger partial charge >= 0.3 is 5.97 Å². The molecule has 0 aliphatic rings. The van der Waals surface area contributed by atoms with Gasteiger partial charge in [-0.05, 0) is 24.5 Å². The van der Waals surface area contributed by atoms with Crippen molar-refractivity contribution in [3.63, 3.8) is 0 Å². The molecule has 3 heteroatoms. The molecular weight excluding hydrogens is 166 g/mol. The molecule has 0 bridgehead atoms. The largest absolute Gasteiger partial charge is 0.481 e. The Morgan fingerprint density at radius 1 is 1.62 bits per heavy atom. The van der Waals surface area contributed by atoms with Gasteiger partial charge in [0.05, 0.1) is 5.92 Å². The lowest BCUT2D eigenvalue weighted by Gasteiger charge is -2.09. The molecule has 13 heavy (non-hydrogen) atoms. The van der Waals surface area contributed by atoms with Crippen LogP contribution in [0.25, 0.3) is 0 Å². The van der Waals surface area contributed by atoms with E-state index in [0.29, 0.717) is 6.42 Å². The highest BCUT2D eigenvalue weighted by molar-refractivity contribution is 5.75. The van der Waals surface area contributed by atoms with E-state index in [4.69, 9.17) is 5.11 Å². The molecule has 3 nitrogen and oxygen atoms in total. The molecule has 0 spiro atoms. The molecule has 0 aromatic carbocycles. The maximum absolute atomic E-state index is 10.8. The average molecular weight is 179 g/mol. The number of rotatable bonds is 3. The van der Waals surface area contributed by atoms with E-state index in [9.17, 15) is 4.79 Å². The fourth-order valence-corrected chi connectivity index (χ4v) is 1.32. The van der Waals surface area contributed by atoms with Gasteiger partial charge in [0.25, 0.3) is 0 Å². The highest BCUT2D eigenvalue weighted by Gasteiger charge is 2.17. The summed E-state index contributed by atoms with van der Waals surface area (Å²) in [5, 5.41) is 8.89. The summed E-state index contributed by atoms with van der Waals surface area (Å²) in [4.78, 5) is 14.8. The van der Waals surface area contributed by atoms with E-state index in [-0.39, 0.29) is 0 Å². The Hall–Kier alpha value is -1.38. The number of aromatic nitrogens is 1. The molecule has 1 heterocycles. The van der Waals surface area contributed by atoms with Gasteiger partial charge in [0.2, 0.25) is 0 Å². The number of aliphatic carboxylic acids is 1. The predicted octanol–water partition coefficient (Wildman–Crippen LogP) is 1.97. The van der Waals surface area contributed by atoms with Crippen LogP contribution < -0.4 is 0 Å². The standard InChI is InChI=1S/C10H13NO2/c1-3-9(10(12)13)8-4-7(2)5-11-6-8/h4-6,9H,3H2,1-2H3,(H,12,13). The molecule has 0 radical (unpaired) electrons. The molecule has 70 valence electrons. The van der Waals surface area contributed by atoms with Gasteiger partial charge in [-0.15, -0.1) is 0 Å². The molecule has 1 unspecified atom stereocenters. The van der Waals surface area contributed by atoms with Crippen molar-refractivity contribution in [2.75, 3.05) is 0 Å². The minimum Gasteiger partial charge on any atom is -0.481 e. The minimum absolute atomic E-state index is 0.424. The number of carboxylic acids is 1. The number of carbonyl (C=O) groups is 1. The lowest BCUT2D eigenvalue weighted by atomic mass is 9.97. The van der Waals surface area contributed by atoms with E-state index in [2.05, 4.69) is 4.98 Å². The van der Waals surface area contributed by atoms with E-state index in [0.717, 1.165) is 11.1 Å². The molecule has 0 fully saturated rings. The number of nitrogens with zero attached hydrogens (tertiary/aromatic N) is 1. The zero-order valence-electron chi connectivity index (χ0n) is 7.82. The summed E-state index contributed by atoms with van der Waals surface area (Å²) in [7, 11) is 0. The van der Waals surface area contributed by atoms with Crippen molar-refractivity contribution in [3.05, 3.63) is 29.6 Å². The lowest BCUT2D eigenvalue weighted by molar-refractivity contribution is -0.138. The van der Waals surface area contributed by atoms with Gasteiger partial charge in [-0.25, -0.2) is 0 Å². The third kappa shape index (κ3) is 2.28. The first-order chi connectivity index (χ1) is 6.15. The number of carboxylic acid groups (broad SMARTS) is 1. The number of hydrogen-bond acceptors (Lipinski definition) is 2. The van der Waals surface area contributed by atoms with Gasteiger partial charge in [0, 0.05) is 12.4 Å². The molecule has 1 atom stereocenters. The Balaban J connectivity index is 2.98. The van der Waals surface area contributed by atoms with E-state index < -0.39 is 11.9 Å².